The molecule has 0 saturated heterocycles. The zero-order valence-corrected chi connectivity index (χ0v) is 14.5. The first-order valence-electron chi connectivity index (χ1n) is 7.01. The van der Waals surface area contributed by atoms with Crippen molar-refractivity contribution in [2.75, 3.05) is 0 Å². The molecule has 0 atom stereocenters. The third-order valence-electron chi connectivity index (χ3n) is 2.82. The standard InChI is InChI=1S/C9H11N3O.C7H8O3S/c1-3-10-11-9(13)8-5-4-6-12(2)7-8;1-6-2-4-7(5-3-6)11(8,9)10/h3-7H,1-2H3;2-5H,1H3,(H,8,9,10)/p+1/b10-3+;. The first-order chi connectivity index (χ1) is 11.2. The highest BCUT2D eigenvalue weighted by Gasteiger charge is 2.07. The van der Waals surface area contributed by atoms with Gasteiger partial charge in [-0.1, -0.05) is 17.7 Å². The number of aromatic nitrogens is 1. The fourth-order valence-corrected chi connectivity index (χ4v) is 2.10. The normalized spacial score (nSPS) is 10.8. The molecule has 0 aliphatic heterocycles. The first kappa shape index (κ1) is 19.5. The van der Waals surface area contributed by atoms with Crippen LogP contribution in [0.2, 0.25) is 0 Å². The van der Waals surface area contributed by atoms with Crippen LogP contribution < -0.4 is 9.99 Å². The summed E-state index contributed by atoms with van der Waals surface area (Å²) in [5, 5.41) is 3.64. The molecule has 24 heavy (non-hydrogen) atoms. The second-order valence-electron chi connectivity index (χ2n) is 4.87. The van der Waals surface area contributed by atoms with Gasteiger partial charge in [0.25, 0.3) is 16.0 Å². The average Bonchev–Trinajstić information content (AvgIpc) is 2.52. The fraction of sp³-hybridized carbons (Fsp3) is 0.188. The Bertz CT molecular complexity index is 815. The summed E-state index contributed by atoms with van der Waals surface area (Å²) in [5.74, 6) is -0.200. The number of nitrogens with one attached hydrogen (secondary N) is 1. The molecule has 128 valence electrons. The average molecular weight is 350 g/mol. The van der Waals surface area contributed by atoms with Crippen LogP contribution in [0.4, 0.5) is 0 Å². The van der Waals surface area contributed by atoms with Crippen LogP contribution in [0.1, 0.15) is 22.8 Å². The summed E-state index contributed by atoms with van der Waals surface area (Å²) >= 11 is 0. The monoisotopic (exact) mass is 350 g/mol. The van der Waals surface area contributed by atoms with Crippen molar-refractivity contribution in [1.82, 2.24) is 5.43 Å². The van der Waals surface area contributed by atoms with E-state index in [1.165, 1.54) is 18.3 Å². The number of nitrogens with zero attached hydrogens (tertiary/aromatic N) is 2. The van der Waals surface area contributed by atoms with Crippen molar-refractivity contribution in [3.8, 4) is 0 Å². The van der Waals surface area contributed by atoms with E-state index in [1.54, 1.807) is 31.3 Å². The third-order valence-corrected chi connectivity index (χ3v) is 3.68. The summed E-state index contributed by atoms with van der Waals surface area (Å²) in [7, 11) is -2.16. The minimum Gasteiger partial charge on any atom is -0.282 e. The third kappa shape index (κ3) is 6.67. The Morgan fingerprint density at radius 3 is 2.38 bits per heavy atom. The van der Waals surface area contributed by atoms with E-state index in [4.69, 9.17) is 4.55 Å². The molecule has 2 N–H and O–H groups in total. The van der Waals surface area contributed by atoms with Crippen LogP contribution >= 0.6 is 0 Å². The number of carbonyl (C=O) groups is 1. The van der Waals surface area contributed by atoms with Crippen LogP contribution in [0.25, 0.3) is 0 Å². The van der Waals surface area contributed by atoms with E-state index in [0.29, 0.717) is 5.56 Å². The largest absolute Gasteiger partial charge is 0.294 e. The van der Waals surface area contributed by atoms with Crippen molar-refractivity contribution < 1.29 is 22.3 Å². The maximum Gasteiger partial charge on any atom is 0.294 e. The summed E-state index contributed by atoms with van der Waals surface area (Å²) in [6, 6.07) is 9.53. The number of aryl methyl sites for hydroxylation is 2. The van der Waals surface area contributed by atoms with E-state index in [9.17, 15) is 13.2 Å². The molecule has 1 aromatic heterocycles. The Labute approximate surface area is 141 Å². The summed E-state index contributed by atoms with van der Waals surface area (Å²) < 4.78 is 31.4. The van der Waals surface area contributed by atoms with Crippen molar-refractivity contribution in [2.45, 2.75) is 18.7 Å². The molecule has 0 fully saturated rings. The SMILES string of the molecule is C/C=N/NC(=O)c1ccc[n+](C)c1.Cc1ccc(S(=O)(=O)O)cc1. The van der Waals surface area contributed by atoms with Crippen molar-refractivity contribution in [1.29, 1.82) is 0 Å². The Kier molecular flexibility index (Phi) is 7.22. The molecule has 1 amide bonds. The summed E-state index contributed by atoms with van der Waals surface area (Å²) in [4.78, 5) is 11.3. The van der Waals surface area contributed by atoms with Gasteiger partial charge in [-0.15, -0.1) is 0 Å². The fourth-order valence-electron chi connectivity index (χ4n) is 1.62. The van der Waals surface area contributed by atoms with Crippen molar-refractivity contribution in [3.05, 3.63) is 59.9 Å². The number of benzene rings is 1. The van der Waals surface area contributed by atoms with Gasteiger partial charge in [-0.25, -0.2) is 9.99 Å². The Hall–Kier alpha value is -2.58. The molecule has 8 heteroatoms. The maximum absolute atomic E-state index is 11.3. The lowest BCUT2D eigenvalue weighted by Gasteiger charge is -1.96. The Morgan fingerprint density at radius 1 is 1.25 bits per heavy atom. The molecule has 7 nitrogen and oxygen atoms in total. The van der Waals surface area contributed by atoms with Crippen LogP contribution in [0, 0.1) is 6.92 Å². The number of amides is 1. The molecule has 0 spiro atoms. The molecule has 0 aliphatic rings. The number of rotatable bonds is 3. The topological polar surface area (TPSA) is 99.7 Å². The number of hydrazone groups is 1. The Balaban J connectivity index is 0.000000243. The predicted molar refractivity (Wildman–Crippen MR) is 90.2 cm³/mol. The van der Waals surface area contributed by atoms with E-state index >= 15 is 0 Å². The van der Waals surface area contributed by atoms with Gasteiger partial charge in [-0.2, -0.15) is 13.5 Å². The highest BCUT2D eigenvalue weighted by Crippen LogP contribution is 2.08. The number of pyridine rings is 1. The van der Waals surface area contributed by atoms with Crippen LogP contribution in [0.5, 0.6) is 0 Å². The molecule has 1 aromatic carbocycles. The minimum absolute atomic E-state index is 0.0666. The molecular weight excluding hydrogens is 330 g/mol. The van der Waals surface area contributed by atoms with Gasteiger partial charge in [0.05, 0.1) is 4.90 Å². The smallest absolute Gasteiger partial charge is 0.282 e. The molecule has 0 radical (unpaired) electrons. The number of hydrogen-bond donors (Lipinski definition) is 2. The van der Waals surface area contributed by atoms with Crippen LogP contribution in [-0.4, -0.2) is 25.1 Å². The lowest BCUT2D eigenvalue weighted by atomic mass is 10.2. The van der Waals surface area contributed by atoms with Gasteiger partial charge in [-0.05, 0) is 32.0 Å². The van der Waals surface area contributed by atoms with Crippen molar-refractivity contribution in [2.24, 2.45) is 12.1 Å². The van der Waals surface area contributed by atoms with Gasteiger partial charge in [-0.3, -0.25) is 9.35 Å². The quantitative estimate of drug-likeness (QED) is 0.379. The van der Waals surface area contributed by atoms with E-state index in [2.05, 4.69) is 10.5 Å². The predicted octanol–water partition coefficient (Wildman–Crippen LogP) is 1.49. The molecule has 0 saturated carbocycles. The van der Waals surface area contributed by atoms with Gasteiger partial charge < -0.3 is 0 Å². The van der Waals surface area contributed by atoms with Gasteiger partial charge in [0.15, 0.2) is 12.4 Å². The van der Waals surface area contributed by atoms with Gasteiger partial charge >= 0.3 is 0 Å². The van der Waals surface area contributed by atoms with Crippen molar-refractivity contribution in [3.63, 3.8) is 0 Å². The van der Waals surface area contributed by atoms with Crippen molar-refractivity contribution >= 4 is 22.2 Å². The maximum atomic E-state index is 11.3. The van der Waals surface area contributed by atoms with E-state index in [-0.39, 0.29) is 10.8 Å². The summed E-state index contributed by atoms with van der Waals surface area (Å²) in [5.41, 5.74) is 3.94. The molecule has 0 aliphatic carbocycles. The number of carbonyl (C=O) groups excluding carboxylic acids is 1. The van der Waals surface area contributed by atoms with E-state index < -0.39 is 10.1 Å². The second-order valence-corrected chi connectivity index (χ2v) is 6.30. The molecule has 0 bridgehead atoms. The second kappa shape index (κ2) is 8.90. The molecule has 2 aromatic rings. The van der Waals surface area contributed by atoms with E-state index in [1.807, 2.05) is 30.8 Å². The minimum atomic E-state index is -4.02. The summed E-state index contributed by atoms with van der Waals surface area (Å²) in [6.07, 6.45) is 5.13. The molecule has 1 heterocycles. The van der Waals surface area contributed by atoms with Gasteiger partial charge in [0, 0.05) is 12.3 Å². The van der Waals surface area contributed by atoms with Crippen LogP contribution in [0.15, 0.2) is 58.8 Å². The summed E-state index contributed by atoms with van der Waals surface area (Å²) in [6.45, 7) is 3.58. The van der Waals surface area contributed by atoms with Gasteiger partial charge in [0.2, 0.25) is 0 Å². The lowest BCUT2D eigenvalue weighted by molar-refractivity contribution is -0.671. The first-order valence-corrected chi connectivity index (χ1v) is 8.45. The molecular formula is C16H20N3O4S+. The molecule has 0 unspecified atom stereocenters. The Morgan fingerprint density at radius 2 is 1.88 bits per heavy atom. The highest BCUT2D eigenvalue weighted by molar-refractivity contribution is 7.85. The van der Waals surface area contributed by atoms with Crippen LogP contribution in [0.3, 0.4) is 0 Å². The van der Waals surface area contributed by atoms with E-state index in [0.717, 1.165) is 5.56 Å². The zero-order valence-electron chi connectivity index (χ0n) is 13.7. The van der Waals surface area contributed by atoms with Gasteiger partial charge in [0.1, 0.15) is 12.6 Å². The highest BCUT2D eigenvalue weighted by atomic mass is 32.2. The number of hydrogen-bond acceptors (Lipinski definition) is 4. The lowest BCUT2D eigenvalue weighted by Crippen LogP contribution is -2.29. The molecule has 2 rings (SSSR count). The zero-order chi connectivity index (χ0) is 18.2. The van der Waals surface area contributed by atoms with Crippen LogP contribution in [-0.2, 0) is 17.2 Å².